The van der Waals surface area contributed by atoms with Crippen LogP contribution in [0.5, 0.6) is 0 Å². The molecule has 0 atom stereocenters. The minimum absolute atomic E-state index is 0.255. The first kappa shape index (κ1) is 7.13. The number of nitrogens with zero attached hydrogens (tertiary/aromatic N) is 1. The van der Waals surface area contributed by atoms with Crippen LogP contribution in [0.4, 0.5) is 0 Å². The van der Waals surface area contributed by atoms with Crippen LogP contribution in [-0.4, -0.2) is 16.8 Å². The number of hydrogen-bond donors (Lipinski definition) is 0. The van der Waals surface area contributed by atoms with E-state index < -0.39 is 0 Å². The summed E-state index contributed by atoms with van der Waals surface area (Å²) in [6.07, 6.45) is 2.31. The van der Waals surface area contributed by atoms with Crippen molar-refractivity contribution >= 4 is 17.3 Å². The lowest BCUT2D eigenvalue weighted by molar-refractivity contribution is 0.457. The lowest BCUT2D eigenvalue weighted by Crippen LogP contribution is -2.24. The SMILES string of the molecule is CCC1(CC)CS[C]=N1. The highest BCUT2D eigenvalue weighted by Crippen LogP contribution is 2.29. The third kappa shape index (κ3) is 1.29. The van der Waals surface area contributed by atoms with Gasteiger partial charge in [-0.1, -0.05) is 13.8 Å². The first-order valence-corrected chi connectivity index (χ1v) is 4.40. The van der Waals surface area contributed by atoms with Gasteiger partial charge in [0.2, 0.25) is 0 Å². The summed E-state index contributed by atoms with van der Waals surface area (Å²) in [6, 6.07) is 0. The second kappa shape index (κ2) is 2.74. The molecule has 1 rings (SSSR count). The van der Waals surface area contributed by atoms with E-state index in [1.165, 1.54) is 0 Å². The van der Waals surface area contributed by atoms with Crippen LogP contribution in [0.3, 0.4) is 0 Å². The summed E-state index contributed by atoms with van der Waals surface area (Å²) >= 11 is 1.71. The second-order valence-corrected chi connectivity index (χ2v) is 3.18. The van der Waals surface area contributed by atoms with Crippen molar-refractivity contribution in [3.8, 4) is 0 Å². The minimum Gasteiger partial charge on any atom is -0.268 e. The molecule has 1 radical (unpaired) electrons. The number of hydrogen-bond acceptors (Lipinski definition) is 2. The molecular formula is C7H12NS. The molecule has 0 aromatic rings. The second-order valence-electron chi connectivity index (χ2n) is 2.42. The third-order valence-corrected chi connectivity index (χ3v) is 2.91. The molecule has 0 bridgehead atoms. The van der Waals surface area contributed by atoms with E-state index in [0.717, 1.165) is 18.6 Å². The van der Waals surface area contributed by atoms with E-state index >= 15 is 0 Å². The quantitative estimate of drug-likeness (QED) is 0.575. The summed E-state index contributed by atoms with van der Waals surface area (Å²) < 4.78 is 0. The predicted octanol–water partition coefficient (Wildman–Crippen LogP) is 2.20. The van der Waals surface area contributed by atoms with E-state index in [-0.39, 0.29) is 5.54 Å². The fourth-order valence-electron chi connectivity index (χ4n) is 0.940. The summed E-state index contributed by atoms with van der Waals surface area (Å²) in [4.78, 5) is 4.32. The number of thioether (sulfide) groups is 1. The van der Waals surface area contributed by atoms with Crippen LogP contribution in [0, 0.1) is 0 Å². The average Bonchev–Trinajstić information content (AvgIpc) is 2.36. The minimum atomic E-state index is 0.255. The van der Waals surface area contributed by atoms with Gasteiger partial charge in [-0.2, -0.15) is 0 Å². The topological polar surface area (TPSA) is 12.4 Å². The molecule has 0 aromatic heterocycles. The molecule has 1 heterocycles. The van der Waals surface area contributed by atoms with Crippen molar-refractivity contribution in [2.75, 3.05) is 5.75 Å². The van der Waals surface area contributed by atoms with Gasteiger partial charge in [0, 0.05) is 5.75 Å². The van der Waals surface area contributed by atoms with Crippen molar-refractivity contribution < 1.29 is 0 Å². The Morgan fingerprint density at radius 3 is 2.44 bits per heavy atom. The molecular weight excluding hydrogens is 130 g/mol. The molecule has 9 heavy (non-hydrogen) atoms. The Kier molecular flexibility index (Phi) is 2.17. The van der Waals surface area contributed by atoms with Gasteiger partial charge in [0.1, 0.15) is 5.55 Å². The van der Waals surface area contributed by atoms with Crippen molar-refractivity contribution in [3.05, 3.63) is 0 Å². The fourth-order valence-corrected chi connectivity index (χ4v) is 2.00. The summed E-state index contributed by atoms with van der Waals surface area (Å²) in [5, 5.41) is 0. The molecule has 0 aliphatic carbocycles. The van der Waals surface area contributed by atoms with E-state index in [0.29, 0.717) is 0 Å². The molecule has 0 amide bonds. The van der Waals surface area contributed by atoms with Crippen LogP contribution in [0.15, 0.2) is 4.99 Å². The van der Waals surface area contributed by atoms with Gasteiger partial charge in [-0.05, 0) is 12.8 Å². The average molecular weight is 142 g/mol. The molecule has 1 aliphatic rings. The fraction of sp³-hybridized carbons (Fsp3) is 0.857. The molecule has 2 heteroatoms. The maximum Gasteiger partial charge on any atom is 0.123 e. The number of rotatable bonds is 2. The standard InChI is InChI=1S/C7H12NS/c1-3-7(4-2)5-9-6-8-7/h3-5H2,1-2H3. The molecule has 0 saturated carbocycles. The van der Waals surface area contributed by atoms with Crippen LogP contribution >= 0.6 is 11.8 Å². The summed E-state index contributed by atoms with van der Waals surface area (Å²) in [6.45, 7) is 4.39. The zero-order valence-electron chi connectivity index (χ0n) is 5.98. The van der Waals surface area contributed by atoms with Crippen LogP contribution in [0.2, 0.25) is 0 Å². The Morgan fingerprint density at radius 2 is 2.22 bits per heavy atom. The van der Waals surface area contributed by atoms with Gasteiger partial charge in [-0.25, -0.2) is 0 Å². The Bertz CT molecular complexity index is 116. The summed E-state index contributed by atoms with van der Waals surface area (Å²) in [5.41, 5.74) is 3.21. The lowest BCUT2D eigenvalue weighted by Gasteiger charge is -2.20. The van der Waals surface area contributed by atoms with Gasteiger partial charge in [-0.15, -0.1) is 11.8 Å². The van der Waals surface area contributed by atoms with E-state index in [1.54, 1.807) is 11.8 Å². The van der Waals surface area contributed by atoms with Gasteiger partial charge in [0.05, 0.1) is 5.54 Å². The zero-order valence-corrected chi connectivity index (χ0v) is 6.79. The Hall–Kier alpha value is 0.0200. The highest BCUT2D eigenvalue weighted by Gasteiger charge is 2.27. The van der Waals surface area contributed by atoms with Crippen LogP contribution in [-0.2, 0) is 0 Å². The molecule has 0 unspecified atom stereocenters. The predicted molar refractivity (Wildman–Crippen MR) is 43.2 cm³/mol. The smallest absolute Gasteiger partial charge is 0.123 e. The van der Waals surface area contributed by atoms with Crippen molar-refractivity contribution in [1.82, 2.24) is 0 Å². The van der Waals surface area contributed by atoms with E-state index in [4.69, 9.17) is 0 Å². The molecule has 51 valence electrons. The molecule has 1 aliphatic heterocycles. The first-order valence-electron chi connectivity index (χ1n) is 3.41. The Morgan fingerprint density at radius 1 is 1.56 bits per heavy atom. The summed E-state index contributed by atoms with van der Waals surface area (Å²) in [5.74, 6) is 1.14. The Balaban J connectivity index is 2.57. The highest BCUT2D eigenvalue weighted by atomic mass is 32.2. The van der Waals surface area contributed by atoms with E-state index in [9.17, 15) is 0 Å². The number of aliphatic imine (C=N–C) groups is 1. The Labute approximate surface area is 60.9 Å². The van der Waals surface area contributed by atoms with Crippen LogP contribution in [0.25, 0.3) is 0 Å². The lowest BCUT2D eigenvalue weighted by atomic mass is 9.97. The van der Waals surface area contributed by atoms with Crippen LogP contribution in [0.1, 0.15) is 26.7 Å². The van der Waals surface area contributed by atoms with Gasteiger partial charge in [-0.3, -0.25) is 4.99 Å². The highest BCUT2D eigenvalue weighted by molar-refractivity contribution is 8.12. The maximum absolute atomic E-state index is 4.32. The molecule has 0 fully saturated rings. The largest absolute Gasteiger partial charge is 0.268 e. The summed E-state index contributed by atoms with van der Waals surface area (Å²) in [7, 11) is 0. The van der Waals surface area contributed by atoms with E-state index in [1.807, 2.05) is 0 Å². The first-order chi connectivity index (χ1) is 4.33. The van der Waals surface area contributed by atoms with Gasteiger partial charge in [0.25, 0.3) is 0 Å². The molecule has 1 nitrogen and oxygen atoms in total. The monoisotopic (exact) mass is 142 g/mol. The van der Waals surface area contributed by atoms with Crippen molar-refractivity contribution in [3.63, 3.8) is 0 Å². The molecule has 0 saturated heterocycles. The molecule has 0 N–H and O–H groups in total. The van der Waals surface area contributed by atoms with Gasteiger partial charge >= 0.3 is 0 Å². The van der Waals surface area contributed by atoms with Crippen LogP contribution < -0.4 is 0 Å². The van der Waals surface area contributed by atoms with Crippen molar-refractivity contribution in [2.24, 2.45) is 4.99 Å². The third-order valence-electron chi connectivity index (χ3n) is 2.00. The van der Waals surface area contributed by atoms with Gasteiger partial charge in [0.15, 0.2) is 0 Å². The van der Waals surface area contributed by atoms with Gasteiger partial charge < -0.3 is 0 Å². The van der Waals surface area contributed by atoms with Crippen molar-refractivity contribution in [2.45, 2.75) is 32.2 Å². The molecule has 0 aromatic carbocycles. The van der Waals surface area contributed by atoms with Crippen molar-refractivity contribution in [1.29, 1.82) is 0 Å². The molecule has 0 spiro atoms. The normalized spacial score (nSPS) is 22.9. The maximum atomic E-state index is 4.32. The zero-order chi connectivity index (χ0) is 6.74. The van der Waals surface area contributed by atoms with E-state index in [2.05, 4.69) is 24.4 Å².